The normalized spacial score (nSPS) is 11.0. The lowest BCUT2D eigenvalue weighted by molar-refractivity contribution is -0.116. The van der Waals surface area contributed by atoms with Gasteiger partial charge in [0.1, 0.15) is 11.4 Å². The Bertz CT molecular complexity index is 835. The number of benzene rings is 1. The smallest absolute Gasteiger partial charge is 0.224 e. The molecule has 1 N–H and O–H groups in total. The van der Waals surface area contributed by atoms with Crippen LogP contribution < -0.4 is 10.1 Å². The Hall–Kier alpha value is -2.82. The average Bonchev–Trinajstić information content (AvgIpc) is 2.98. The maximum absolute atomic E-state index is 12.1. The SMILES string of the molecule is COc1ccc(-c2cn3ccccc3n2)cc1NC(=O)CC(C)C. The number of amides is 1. The molecule has 0 fully saturated rings. The van der Waals surface area contributed by atoms with Crippen LogP contribution in [-0.2, 0) is 4.79 Å². The summed E-state index contributed by atoms with van der Waals surface area (Å²) in [6.07, 6.45) is 4.40. The molecule has 5 nitrogen and oxygen atoms in total. The molecular formula is C19H21N3O2. The van der Waals surface area contributed by atoms with E-state index in [4.69, 9.17) is 4.74 Å². The molecule has 1 amide bonds. The van der Waals surface area contributed by atoms with Gasteiger partial charge in [-0.05, 0) is 36.2 Å². The second-order valence-electron chi connectivity index (χ2n) is 6.15. The summed E-state index contributed by atoms with van der Waals surface area (Å²) in [4.78, 5) is 16.7. The van der Waals surface area contributed by atoms with E-state index in [-0.39, 0.29) is 5.91 Å². The fourth-order valence-electron chi connectivity index (χ4n) is 2.61. The second kappa shape index (κ2) is 6.74. The van der Waals surface area contributed by atoms with Gasteiger partial charge in [-0.2, -0.15) is 0 Å². The highest BCUT2D eigenvalue weighted by molar-refractivity contribution is 5.93. The Morgan fingerprint density at radius 1 is 1.29 bits per heavy atom. The van der Waals surface area contributed by atoms with E-state index in [9.17, 15) is 4.79 Å². The molecular weight excluding hydrogens is 302 g/mol. The first kappa shape index (κ1) is 16.1. The molecule has 0 aliphatic rings. The molecule has 0 bridgehead atoms. The van der Waals surface area contributed by atoms with Crippen LogP contribution in [0.25, 0.3) is 16.9 Å². The molecule has 0 unspecified atom stereocenters. The summed E-state index contributed by atoms with van der Waals surface area (Å²) in [5.41, 5.74) is 3.33. The number of methoxy groups -OCH3 is 1. The summed E-state index contributed by atoms with van der Waals surface area (Å²) >= 11 is 0. The van der Waals surface area contributed by atoms with E-state index in [0.717, 1.165) is 16.9 Å². The van der Waals surface area contributed by atoms with Crippen molar-refractivity contribution in [2.24, 2.45) is 5.92 Å². The molecule has 24 heavy (non-hydrogen) atoms. The maximum Gasteiger partial charge on any atom is 0.224 e. The quantitative estimate of drug-likeness (QED) is 0.772. The van der Waals surface area contributed by atoms with Crippen LogP contribution in [0.3, 0.4) is 0 Å². The van der Waals surface area contributed by atoms with Crippen molar-refractivity contribution in [2.45, 2.75) is 20.3 Å². The number of ether oxygens (including phenoxy) is 1. The molecule has 0 spiro atoms. The Balaban J connectivity index is 1.94. The van der Waals surface area contributed by atoms with Gasteiger partial charge in [-0.25, -0.2) is 4.98 Å². The highest BCUT2D eigenvalue weighted by Crippen LogP contribution is 2.30. The van der Waals surface area contributed by atoms with Gasteiger partial charge < -0.3 is 14.5 Å². The van der Waals surface area contributed by atoms with Gasteiger partial charge in [-0.15, -0.1) is 0 Å². The van der Waals surface area contributed by atoms with Crippen molar-refractivity contribution in [3.63, 3.8) is 0 Å². The molecule has 0 saturated heterocycles. The second-order valence-corrected chi connectivity index (χ2v) is 6.15. The van der Waals surface area contributed by atoms with Gasteiger partial charge in [-0.3, -0.25) is 4.79 Å². The van der Waals surface area contributed by atoms with Gasteiger partial charge in [0, 0.05) is 24.4 Å². The topological polar surface area (TPSA) is 55.6 Å². The van der Waals surface area contributed by atoms with E-state index in [2.05, 4.69) is 10.3 Å². The predicted octanol–water partition coefficient (Wildman–Crippen LogP) is 3.99. The first-order valence-corrected chi connectivity index (χ1v) is 7.99. The Labute approximate surface area is 141 Å². The van der Waals surface area contributed by atoms with Gasteiger partial charge in [0.2, 0.25) is 5.91 Å². The molecule has 124 valence electrons. The van der Waals surface area contributed by atoms with Crippen LogP contribution in [0.15, 0.2) is 48.8 Å². The lowest BCUT2D eigenvalue weighted by atomic mass is 10.1. The minimum Gasteiger partial charge on any atom is -0.495 e. The van der Waals surface area contributed by atoms with Crippen molar-refractivity contribution in [1.82, 2.24) is 9.38 Å². The molecule has 3 rings (SSSR count). The van der Waals surface area contributed by atoms with E-state index >= 15 is 0 Å². The van der Waals surface area contributed by atoms with Gasteiger partial charge in [0.25, 0.3) is 0 Å². The monoisotopic (exact) mass is 323 g/mol. The highest BCUT2D eigenvalue weighted by Gasteiger charge is 2.12. The summed E-state index contributed by atoms with van der Waals surface area (Å²) in [5, 5.41) is 2.94. The fraction of sp³-hybridized carbons (Fsp3) is 0.263. The zero-order chi connectivity index (χ0) is 17.1. The van der Waals surface area contributed by atoms with Gasteiger partial charge >= 0.3 is 0 Å². The first-order chi connectivity index (χ1) is 11.6. The number of carbonyl (C=O) groups is 1. The van der Waals surface area contributed by atoms with Crippen molar-refractivity contribution in [2.75, 3.05) is 12.4 Å². The lowest BCUT2D eigenvalue weighted by Gasteiger charge is -2.12. The Kier molecular flexibility index (Phi) is 4.51. The maximum atomic E-state index is 12.1. The number of imidazole rings is 1. The van der Waals surface area contributed by atoms with Crippen molar-refractivity contribution < 1.29 is 9.53 Å². The molecule has 5 heteroatoms. The first-order valence-electron chi connectivity index (χ1n) is 7.99. The Morgan fingerprint density at radius 3 is 2.83 bits per heavy atom. The number of pyridine rings is 1. The zero-order valence-electron chi connectivity index (χ0n) is 14.1. The van der Waals surface area contributed by atoms with Crippen LogP contribution in [0, 0.1) is 5.92 Å². The number of fused-ring (bicyclic) bond motifs is 1. The fourth-order valence-corrected chi connectivity index (χ4v) is 2.61. The number of nitrogens with zero attached hydrogens (tertiary/aromatic N) is 2. The number of hydrogen-bond donors (Lipinski definition) is 1. The van der Waals surface area contributed by atoms with Crippen molar-refractivity contribution >= 4 is 17.2 Å². The predicted molar refractivity (Wildman–Crippen MR) is 95.3 cm³/mol. The summed E-state index contributed by atoms with van der Waals surface area (Å²) < 4.78 is 7.33. The van der Waals surface area contributed by atoms with Gasteiger partial charge in [0.05, 0.1) is 18.5 Å². The average molecular weight is 323 g/mol. The standard InChI is InChI=1S/C19H21N3O2/c1-13(2)10-19(23)21-15-11-14(7-8-17(15)24-3)16-12-22-9-5-4-6-18(22)20-16/h4-9,11-13H,10H2,1-3H3,(H,21,23). The molecule has 2 heterocycles. The summed E-state index contributed by atoms with van der Waals surface area (Å²) in [6.45, 7) is 4.04. The molecule has 1 aromatic carbocycles. The number of nitrogens with one attached hydrogen (secondary N) is 1. The molecule has 0 atom stereocenters. The number of carbonyl (C=O) groups excluding carboxylic acids is 1. The lowest BCUT2D eigenvalue weighted by Crippen LogP contribution is -2.14. The van der Waals surface area contributed by atoms with E-state index < -0.39 is 0 Å². The summed E-state index contributed by atoms with van der Waals surface area (Å²) in [7, 11) is 1.60. The van der Waals surface area contributed by atoms with Crippen molar-refractivity contribution in [3.05, 3.63) is 48.8 Å². The molecule has 0 aliphatic heterocycles. The highest BCUT2D eigenvalue weighted by atomic mass is 16.5. The minimum atomic E-state index is -0.0181. The van der Waals surface area contributed by atoms with E-state index in [1.807, 2.05) is 67.0 Å². The van der Waals surface area contributed by atoms with Gasteiger partial charge in [0.15, 0.2) is 0 Å². The number of hydrogen-bond acceptors (Lipinski definition) is 3. The molecule has 0 aliphatic carbocycles. The van der Waals surface area contributed by atoms with E-state index in [1.54, 1.807) is 7.11 Å². The van der Waals surface area contributed by atoms with Crippen LogP contribution in [0.1, 0.15) is 20.3 Å². The third-order valence-corrected chi connectivity index (χ3v) is 3.73. The van der Waals surface area contributed by atoms with Crippen molar-refractivity contribution in [3.8, 4) is 17.0 Å². The zero-order valence-corrected chi connectivity index (χ0v) is 14.1. The van der Waals surface area contributed by atoms with Crippen LogP contribution in [0.5, 0.6) is 5.75 Å². The third-order valence-electron chi connectivity index (χ3n) is 3.73. The van der Waals surface area contributed by atoms with Gasteiger partial charge in [-0.1, -0.05) is 19.9 Å². The Morgan fingerprint density at radius 2 is 2.12 bits per heavy atom. The molecule has 0 radical (unpaired) electrons. The molecule has 2 aromatic heterocycles. The third kappa shape index (κ3) is 3.40. The van der Waals surface area contributed by atoms with Crippen LogP contribution >= 0.6 is 0 Å². The van der Waals surface area contributed by atoms with Crippen LogP contribution in [0.2, 0.25) is 0 Å². The summed E-state index contributed by atoms with van der Waals surface area (Å²) in [5.74, 6) is 0.924. The number of anilines is 1. The number of aromatic nitrogens is 2. The number of rotatable bonds is 5. The van der Waals surface area contributed by atoms with E-state index in [0.29, 0.717) is 23.8 Å². The largest absolute Gasteiger partial charge is 0.495 e. The van der Waals surface area contributed by atoms with Crippen LogP contribution in [-0.4, -0.2) is 22.4 Å². The van der Waals surface area contributed by atoms with Crippen molar-refractivity contribution in [1.29, 1.82) is 0 Å². The van der Waals surface area contributed by atoms with Crippen LogP contribution in [0.4, 0.5) is 5.69 Å². The summed E-state index contributed by atoms with van der Waals surface area (Å²) in [6, 6.07) is 11.6. The molecule has 0 saturated carbocycles. The minimum absolute atomic E-state index is 0.0181. The molecule has 3 aromatic rings. The van der Waals surface area contributed by atoms with E-state index in [1.165, 1.54) is 0 Å².